The van der Waals surface area contributed by atoms with Crippen LogP contribution in [0.1, 0.15) is 13.8 Å². The second-order valence-electron chi connectivity index (χ2n) is 4.56. The quantitative estimate of drug-likeness (QED) is 0.879. The molecule has 8 heteroatoms. The van der Waals surface area contributed by atoms with Crippen molar-refractivity contribution in [2.75, 3.05) is 6.26 Å². The number of hydrogen-bond acceptors (Lipinski definition) is 5. The molecule has 1 rings (SSSR count). The molecule has 6 nitrogen and oxygen atoms in total. The molecule has 1 aromatic carbocycles. The molecule has 0 aliphatic heterocycles. The van der Waals surface area contributed by atoms with Crippen molar-refractivity contribution < 1.29 is 26.7 Å². The van der Waals surface area contributed by atoms with Crippen molar-refractivity contribution in [1.29, 1.82) is 0 Å². The maximum atomic E-state index is 12.1. The highest BCUT2D eigenvalue weighted by molar-refractivity contribution is 7.93. The molecular formula is C11H14O6S2. The number of carboxylic acids is 1. The first kappa shape index (κ1) is 15.6. The monoisotopic (exact) mass is 306 g/mol. The SMILES string of the molecule is CC(C)(C(=O)O)S(=O)(=O)c1ccc(S(C)(=O)=O)cc1. The largest absolute Gasteiger partial charge is 0.480 e. The Labute approximate surface area is 111 Å². The van der Waals surface area contributed by atoms with Crippen LogP contribution >= 0.6 is 0 Å². The van der Waals surface area contributed by atoms with Gasteiger partial charge in [0, 0.05) is 6.26 Å². The summed E-state index contributed by atoms with van der Waals surface area (Å²) < 4.78 is 44.8. The van der Waals surface area contributed by atoms with E-state index in [4.69, 9.17) is 5.11 Å². The highest BCUT2D eigenvalue weighted by atomic mass is 32.2. The van der Waals surface area contributed by atoms with E-state index in [9.17, 15) is 21.6 Å². The fourth-order valence-corrected chi connectivity index (χ4v) is 3.22. The summed E-state index contributed by atoms with van der Waals surface area (Å²) in [6.45, 7) is 2.16. The van der Waals surface area contributed by atoms with E-state index in [1.807, 2.05) is 0 Å². The summed E-state index contributed by atoms with van der Waals surface area (Å²) >= 11 is 0. The van der Waals surface area contributed by atoms with Gasteiger partial charge in [0.25, 0.3) is 0 Å². The molecule has 0 heterocycles. The number of carbonyl (C=O) groups is 1. The van der Waals surface area contributed by atoms with E-state index in [2.05, 4.69) is 0 Å². The summed E-state index contributed by atoms with van der Waals surface area (Å²) in [5, 5.41) is 8.95. The lowest BCUT2D eigenvalue weighted by Gasteiger charge is -2.19. The maximum Gasteiger partial charge on any atom is 0.324 e. The topological polar surface area (TPSA) is 106 Å². The Morgan fingerprint density at radius 1 is 1.00 bits per heavy atom. The van der Waals surface area contributed by atoms with Crippen LogP contribution in [0.4, 0.5) is 0 Å². The number of rotatable bonds is 4. The van der Waals surface area contributed by atoms with Gasteiger partial charge in [-0.25, -0.2) is 16.8 Å². The van der Waals surface area contributed by atoms with Crippen LogP contribution in [0.15, 0.2) is 34.1 Å². The molecule has 0 saturated carbocycles. The molecular weight excluding hydrogens is 292 g/mol. The highest BCUT2D eigenvalue weighted by Crippen LogP contribution is 2.26. The van der Waals surface area contributed by atoms with Crippen LogP contribution in [-0.2, 0) is 24.5 Å². The van der Waals surface area contributed by atoms with E-state index < -0.39 is 30.4 Å². The predicted molar refractivity (Wildman–Crippen MR) is 68.5 cm³/mol. The Kier molecular flexibility index (Phi) is 3.79. The fourth-order valence-electron chi connectivity index (χ4n) is 1.28. The molecule has 1 aromatic rings. The van der Waals surface area contributed by atoms with Gasteiger partial charge in [-0.05, 0) is 38.1 Å². The average molecular weight is 306 g/mol. The van der Waals surface area contributed by atoms with Crippen molar-refractivity contribution in [3.63, 3.8) is 0 Å². The lowest BCUT2D eigenvalue weighted by atomic mass is 10.2. The third-order valence-corrected chi connectivity index (χ3v) is 6.29. The van der Waals surface area contributed by atoms with Gasteiger partial charge in [-0.2, -0.15) is 0 Å². The Bertz CT molecular complexity index is 696. The molecule has 0 atom stereocenters. The van der Waals surface area contributed by atoms with Crippen molar-refractivity contribution in [1.82, 2.24) is 0 Å². The van der Waals surface area contributed by atoms with Gasteiger partial charge in [-0.3, -0.25) is 4.79 Å². The van der Waals surface area contributed by atoms with Crippen LogP contribution in [0.3, 0.4) is 0 Å². The first-order chi connectivity index (χ1) is 8.40. The van der Waals surface area contributed by atoms with E-state index in [1.54, 1.807) is 0 Å². The molecule has 1 N–H and O–H groups in total. The average Bonchev–Trinajstić information content (AvgIpc) is 2.27. The Balaban J connectivity index is 3.37. The third-order valence-electron chi connectivity index (χ3n) is 2.75. The minimum Gasteiger partial charge on any atom is -0.480 e. The lowest BCUT2D eigenvalue weighted by molar-refractivity contribution is -0.139. The summed E-state index contributed by atoms with van der Waals surface area (Å²) in [4.78, 5) is 10.7. The van der Waals surface area contributed by atoms with E-state index in [1.165, 1.54) is 0 Å². The molecule has 106 valence electrons. The number of aliphatic carboxylic acids is 1. The number of benzene rings is 1. The smallest absolute Gasteiger partial charge is 0.324 e. The fraction of sp³-hybridized carbons (Fsp3) is 0.364. The highest BCUT2D eigenvalue weighted by Gasteiger charge is 2.42. The molecule has 0 aliphatic rings. The van der Waals surface area contributed by atoms with Crippen LogP contribution in [-0.4, -0.2) is 38.9 Å². The van der Waals surface area contributed by atoms with Crippen LogP contribution in [0.5, 0.6) is 0 Å². The van der Waals surface area contributed by atoms with E-state index in [0.717, 1.165) is 44.4 Å². The first-order valence-corrected chi connectivity index (χ1v) is 8.56. The van der Waals surface area contributed by atoms with Gasteiger partial charge in [-0.15, -0.1) is 0 Å². The number of hydrogen-bond donors (Lipinski definition) is 1. The first-order valence-electron chi connectivity index (χ1n) is 5.19. The Morgan fingerprint density at radius 2 is 1.37 bits per heavy atom. The second-order valence-corrected chi connectivity index (χ2v) is 9.08. The van der Waals surface area contributed by atoms with Crippen molar-refractivity contribution in [2.24, 2.45) is 0 Å². The molecule has 0 saturated heterocycles. The van der Waals surface area contributed by atoms with Gasteiger partial charge in [0.05, 0.1) is 9.79 Å². The second kappa shape index (κ2) is 4.61. The van der Waals surface area contributed by atoms with E-state index in [-0.39, 0.29) is 9.79 Å². The van der Waals surface area contributed by atoms with Gasteiger partial charge in [0.1, 0.15) is 0 Å². The summed E-state index contributed by atoms with van der Waals surface area (Å²) in [5.74, 6) is -1.47. The van der Waals surface area contributed by atoms with Gasteiger partial charge in [-0.1, -0.05) is 0 Å². The maximum absolute atomic E-state index is 12.1. The van der Waals surface area contributed by atoms with Crippen LogP contribution in [0.2, 0.25) is 0 Å². The molecule has 19 heavy (non-hydrogen) atoms. The van der Waals surface area contributed by atoms with Crippen molar-refractivity contribution in [2.45, 2.75) is 28.4 Å². The van der Waals surface area contributed by atoms with E-state index >= 15 is 0 Å². The van der Waals surface area contributed by atoms with Crippen LogP contribution in [0.25, 0.3) is 0 Å². The Hall–Kier alpha value is -1.41. The molecule has 0 bridgehead atoms. The zero-order chi connectivity index (χ0) is 15.1. The minimum atomic E-state index is -4.09. The zero-order valence-corrected chi connectivity index (χ0v) is 12.2. The summed E-state index contributed by atoms with van der Waals surface area (Å²) in [6.07, 6.45) is 0.998. The van der Waals surface area contributed by atoms with Gasteiger partial charge in [0.15, 0.2) is 24.4 Å². The standard InChI is InChI=1S/C11H14O6S2/c1-11(2,10(12)13)19(16,17)9-6-4-8(5-7-9)18(3,14)15/h4-7H,1-3H3,(H,12,13). The number of sulfone groups is 2. The van der Waals surface area contributed by atoms with Gasteiger partial charge < -0.3 is 5.11 Å². The van der Waals surface area contributed by atoms with Crippen molar-refractivity contribution in [3.05, 3.63) is 24.3 Å². The molecule has 0 aromatic heterocycles. The third kappa shape index (κ3) is 2.79. The summed E-state index contributed by atoms with van der Waals surface area (Å²) in [5.41, 5.74) is 0. The van der Waals surface area contributed by atoms with Crippen LogP contribution < -0.4 is 0 Å². The van der Waals surface area contributed by atoms with Gasteiger partial charge >= 0.3 is 5.97 Å². The summed E-state index contributed by atoms with van der Waals surface area (Å²) in [7, 11) is -7.52. The lowest BCUT2D eigenvalue weighted by Crippen LogP contribution is -2.40. The molecule has 0 unspecified atom stereocenters. The number of carboxylic acid groups (broad SMARTS) is 1. The molecule has 0 fully saturated rings. The molecule has 0 spiro atoms. The van der Waals surface area contributed by atoms with Gasteiger partial charge in [0.2, 0.25) is 0 Å². The minimum absolute atomic E-state index is 0.0282. The van der Waals surface area contributed by atoms with E-state index in [0.29, 0.717) is 0 Å². The summed E-state index contributed by atoms with van der Waals surface area (Å²) in [6, 6.07) is 4.47. The van der Waals surface area contributed by atoms with Crippen LogP contribution in [0, 0.1) is 0 Å². The predicted octanol–water partition coefficient (Wildman–Crippen LogP) is 0.727. The molecule has 0 amide bonds. The molecule has 0 aliphatic carbocycles. The molecule has 0 radical (unpaired) electrons. The Morgan fingerprint density at radius 3 is 1.68 bits per heavy atom. The van der Waals surface area contributed by atoms with Crippen molar-refractivity contribution in [3.8, 4) is 0 Å². The van der Waals surface area contributed by atoms with Crippen molar-refractivity contribution >= 4 is 25.6 Å². The normalized spacial score (nSPS) is 13.2. The zero-order valence-electron chi connectivity index (χ0n) is 10.6.